The molecule has 0 aromatic carbocycles. The molecule has 744 valence electrons. The molecule has 66 nitrogen and oxygen atoms in total. The fourth-order valence-corrected chi connectivity index (χ4v) is 23.1. The van der Waals surface area contributed by atoms with Crippen LogP contribution in [-0.4, -0.2) is 244 Å². The van der Waals surface area contributed by atoms with E-state index in [0.717, 1.165) is 32.9 Å². The van der Waals surface area contributed by atoms with Gasteiger partial charge in [-0.3, -0.25) is 66.3 Å². The first-order valence-electron chi connectivity index (χ1n) is 34.0. The Bertz CT molecular complexity index is 6640. The highest BCUT2D eigenvalue weighted by Gasteiger charge is 2.65. The highest BCUT2D eigenvalue weighted by molar-refractivity contribution is 7.68. The minimum absolute atomic E-state index is 0.0762. The molecule has 8 rings (SSSR count). The molecule has 0 radical (unpaired) electrons. The second-order valence-electron chi connectivity index (χ2n) is 24.5. The normalized spacial score (nSPS) is 30.2. The standard InChI is InChI=1S/C13H17ClFN2O14P3.C12H15ClFN2O14P3.C11H14ClFN3O14P3.C10H12ClFN3O14P3/c1-6-5-8(18)16-12(20)17(6)11-13(15,3-4-14)10(19)9(28-11)7(2)29-33(24,25)31-34(26,27)30-32(21,22)23;1-6-4-8(17)15-11(19)16(6)10-12(14,2-3-13)9(18)7(28-10)5-27-32(23,24)30-33(25,26)29-31(20,21)22;1-5(28-32(23,24)30-33(25,26)29-31(20,21)22)7-8(18)11(13,2-3-12)9(27-7)16-10(19)15-6(17)4-14-16;11-2-1-10(12)7(17)5(27-8(10)15-9(18)14-6(16)3-13-15)4-26-31(22,23)29-32(24,25)28-30(19,20)21/h5,7,9-11,19H,1-2H3,(H,24,25)(H,26,27)(H,16,18,20)(H2,21,22,23);4,7,9-10,18H,5H2,1H3,(H,23,24)(H,25,26)(H,15,17,19)(H2,20,21,22);4-5,7-9,18H,1H3,(H,23,24)(H,25,26)(H,15,17,19)(H2,20,21,22);3,5,7-8,17H,4H2,(H,22,23)(H,24,25)(H,14,16,18)(H2,19,20,21)/t7-,9+,10-,11+,13?;7-,9+,10-,12?;5-,7+,8-,9+,11?;5-,7+,8-,10?/m0101/s1/i;5D2;;4D2. The lowest BCUT2D eigenvalue weighted by Crippen LogP contribution is -2.46. The Morgan fingerprint density at radius 3 is 0.917 bits per heavy atom. The molecule has 132 heavy (non-hydrogen) atoms. The van der Waals surface area contributed by atoms with Crippen molar-refractivity contribution in [1.82, 2.24) is 48.6 Å². The lowest BCUT2D eigenvalue weighted by Gasteiger charge is -2.25. The molecule has 26 atom stereocenters. The maximum absolute atomic E-state index is 15.7. The van der Waals surface area contributed by atoms with Crippen molar-refractivity contribution >= 4 is 140 Å². The van der Waals surface area contributed by atoms with Crippen LogP contribution in [0.2, 0.25) is 0 Å². The summed E-state index contributed by atoms with van der Waals surface area (Å²) in [6.45, 7) is -3.47. The summed E-state index contributed by atoms with van der Waals surface area (Å²) in [5, 5.41) is 54.6. The minimum atomic E-state index is -6.13. The van der Waals surface area contributed by atoms with Gasteiger partial charge in [-0.05, 0) is 97.8 Å². The molecule has 86 heteroatoms. The summed E-state index contributed by atoms with van der Waals surface area (Å²) < 4.78 is 296. The van der Waals surface area contributed by atoms with Gasteiger partial charge in [-0.25, -0.2) is 91.5 Å². The third-order valence-electron chi connectivity index (χ3n) is 14.9. The van der Waals surface area contributed by atoms with E-state index in [9.17, 15) is 148 Å². The van der Waals surface area contributed by atoms with E-state index in [4.69, 9.17) is 115 Å². The molecule has 4 saturated heterocycles. The largest absolute Gasteiger partial charge is 0.490 e. The van der Waals surface area contributed by atoms with E-state index in [1.54, 1.807) is 48.9 Å². The number of hydrogen-bond donors (Lipinski definition) is 24. The Balaban J connectivity index is 0.000000320. The quantitative estimate of drug-likeness (QED) is 0.0127. The van der Waals surface area contributed by atoms with Crippen molar-refractivity contribution in [3.63, 3.8) is 0 Å². The maximum Gasteiger partial charge on any atom is 0.490 e. The SMILES string of the molecule is C[C@H](OP(=O)(O)OP(=O)(O)OP(=O)(O)O)[C@H]1O[C@@H](n2ncc(=O)[nH]c2=O)C(F)(C#CCl)[C@H]1O.Cc1cc(=O)[nH]c(=O)n1[C@@H]1O[C@H]([C@H](C)OP(=O)(O)OP(=O)(O)OP(=O)(O)O)[C@H](O)C1(F)C#CCl.[2H]C([2H])(OP(=O)(O)OP(=O)(O)OP(=O)(O)O)[C@H]1O[C@@H](n2c(C)cc(=O)[nH]c2=O)C(F)(C#CCl)[C@H]1O.[2H]C([2H])(OP(=O)(O)OP(=O)(O)OP(=O)(O)O)[C@H]1O[C@@H](n2ncc(=O)[nH]c2=O)C(F)(C#CCl)[C@H]1O. The summed E-state index contributed by atoms with van der Waals surface area (Å²) >= 11 is 20.8. The van der Waals surface area contributed by atoms with Gasteiger partial charge in [0.05, 0.1) is 30.8 Å². The summed E-state index contributed by atoms with van der Waals surface area (Å²) in [7, 11) is -70.2. The number of nitrogens with one attached hydrogen (secondary N) is 4. The third-order valence-corrected chi connectivity index (χ3v) is 30.5. The fraction of sp³-hybridized carbons (Fsp3) is 0.522. The second kappa shape index (κ2) is 44.2. The first-order chi connectivity index (χ1) is 61.1. The zero-order valence-corrected chi connectivity index (χ0v) is 76.9. The van der Waals surface area contributed by atoms with Gasteiger partial charge < -0.3 is 118 Å². The third kappa shape index (κ3) is 32.6. The van der Waals surface area contributed by atoms with E-state index in [2.05, 4.69) is 62.8 Å². The van der Waals surface area contributed by atoms with Gasteiger partial charge >= 0.3 is 117 Å². The Morgan fingerprint density at radius 2 is 0.636 bits per heavy atom. The average Bonchev–Trinajstić information content (AvgIpc) is 1.59. The van der Waals surface area contributed by atoms with E-state index in [-0.39, 0.29) is 20.8 Å². The van der Waals surface area contributed by atoms with Crippen molar-refractivity contribution in [3.05, 3.63) is 119 Å². The summed E-state index contributed by atoms with van der Waals surface area (Å²) in [5.41, 5.74) is -22.5. The Kier molecular flexibility index (Phi) is 37.1. The summed E-state index contributed by atoms with van der Waals surface area (Å²) in [6, 6.07) is 1.70. The molecule has 0 bridgehead atoms. The molecule has 4 aromatic rings. The molecule has 8 heterocycles. The van der Waals surface area contributed by atoms with Crippen molar-refractivity contribution in [1.29, 1.82) is 0 Å². The lowest BCUT2D eigenvalue weighted by atomic mass is 9.95. The molecule has 4 aliphatic rings. The van der Waals surface area contributed by atoms with Crippen molar-refractivity contribution in [2.24, 2.45) is 0 Å². The highest BCUT2D eigenvalue weighted by Crippen LogP contribution is 2.71. The predicted molar refractivity (Wildman–Crippen MR) is 408 cm³/mol. The molecular weight excluding hydrogens is 2180 g/mol. The van der Waals surface area contributed by atoms with Crippen molar-refractivity contribution in [3.8, 4) is 45.2 Å². The van der Waals surface area contributed by atoms with E-state index in [1.807, 2.05) is 10.9 Å². The highest BCUT2D eigenvalue weighted by atomic mass is 35.5. The van der Waals surface area contributed by atoms with Crippen LogP contribution in [-0.2, 0) is 126 Å². The van der Waals surface area contributed by atoms with Gasteiger partial charge in [0.2, 0.25) is 35.1 Å². The Morgan fingerprint density at radius 1 is 0.394 bits per heavy atom. The number of alkyl halides is 4. The van der Waals surface area contributed by atoms with E-state index < -0.39 is 261 Å². The number of phosphoric ester groups is 4. The van der Waals surface area contributed by atoms with E-state index in [1.165, 1.54) is 12.3 Å². The number of aliphatic hydroxyl groups is 4. The van der Waals surface area contributed by atoms with Crippen LogP contribution in [0.3, 0.4) is 0 Å². The van der Waals surface area contributed by atoms with E-state index in [0.29, 0.717) is 21.5 Å². The van der Waals surface area contributed by atoms with Gasteiger partial charge in [0.25, 0.3) is 22.2 Å². The second-order valence-corrected chi connectivity index (χ2v) is 42.7. The Hall–Kier alpha value is -4.98. The van der Waals surface area contributed by atoms with Gasteiger partial charge in [0.15, 0.2) is 12.5 Å². The first-order valence-corrected chi connectivity index (χ1v) is 51.6. The molecule has 4 fully saturated rings. The zero-order valence-electron chi connectivity index (χ0n) is 67.1. The number of phosphoric acid groups is 12. The topological polar surface area (TPSA) is 1000 Å². The van der Waals surface area contributed by atoms with Crippen molar-refractivity contribution in [2.45, 2.75) is 136 Å². The fourth-order valence-electron chi connectivity index (χ4n) is 10.3. The van der Waals surface area contributed by atoms with Crippen LogP contribution in [0.4, 0.5) is 17.6 Å². The average molecular weight is 2240 g/mol. The molecule has 0 aliphatic carbocycles. The smallest absolute Gasteiger partial charge is 0.386 e. The maximum atomic E-state index is 15.7. The molecule has 0 saturated carbocycles. The first kappa shape index (κ1) is 111. The van der Waals surface area contributed by atoms with Crippen LogP contribution in [0.5, 0.6) is 0 Å². The van der Waals surface area contributed by atoms with Crippen molar-refractivity contribution < 1.29 is 248 Å². The number of aryl methyl sites for hydroxylation is 2. The number of H-pyrrole nitrogens is 4. The number of ether oxygens (including phenoxy) is 4. The molecule has 0 amide bonds. The molecule has 0 spiro atoms. The number of aliphatic hydroxyl groups excluding tert-OH is 4. The van der Waals surface area contributed by atoms with Gasteiger partial charge in [-0.2, -0.15) is 54.0 Å². The molecule has 4 aromatic heterocycles. The van der Waals surface area contributed by atoms with Crippen LogP contribution < -0.4 is 45.0 Å². The summed E-state index contributed by atoms with van der Waals surface area (Å²) in [4.78, 5) is 244. The van der Waals surface area contributed by atoms with Gasteiger partial charge in [0.1, 0.15) is 61.2 Å². The number of aromatic nitrogens is 10. The predicted octanol–water partition coefficient (Wildman–Crippen LogP) is -3.63. The van der Waals surface area contributed by atoms with Gasteiger partial charge in [-0.1, -0.05) is 0 Å². The van der Waals surface area contributed by atoms with Gasteiger partial charge in [-0.15, -0.1) is 0 Å². The van der Waals surface area contributed by atoms with Crippen LogP contribution in [0.1, 0.15) is 55.6 Å². The number of nitrogens with zero attached hydrogens (tertiary/aromatic N) is 6. The Labute approximate surface area is 747 Å². The lowest BCUT2D eigenvalue weighted by molar-refractivity contribution is -0.0829. The van der Waals surface area contributed by atoms with Crippen molar-refractivity contribution in [2.75, 3.05) is 13.1 Å². The minimum Gasteiger partial charge on any atom is -0.386 e. The van der Waals surface area contributed by atoms with Crippen LogP contribution in [0.15, 0.2) is 62.9 Å². The monoisotopic (exact) mass is 2240 g/mol. The van der Waals surface area contributed by atoms with Gasteiger partial charge in [0, 0.05) is 45.0 Å². The molecule has 4 aliphatic heterocycles. The zero-order chi connectivity index (χ0) is 105. The number of rotatable bonds is 32. The van der Waals surface area contributed by atoms with Crippen LogP contribution in [0, 0.1) is 59.0 Å². The number of aromatic amines is 4. The molecule has 24 N–H and O–H groups in total. The molecular formula is C46H58Cl4F4N10O56P12. The van der Waals surface area contributed by atoms with Crippen LogP contribution >= 0.6 is 140 Å². The van der Waals surface area contributed by atoms with Crippen LogP contribution in [0.25, 0.3) is 0 Å². The summed E-state index contributed by atoms with van der Waals surface area (Å²) in [6.07, 6.45) is -31.1. The summed E-state index contributed by atoms with van der Waals surface area (Å²) in [5.74, 6) is 6.82. The number of halogens is 8. The number of hydrogen-bond acceptors (Lipinski definition) is 42. The van der Waals surface area contributed by atoms with E-state index >= 15 is 17.6 Å². The molecule has 12 unspecified atom stereocenters.